The fourth-order valence-corrected chi connectivity index (χ4v) is 5.12. The molecule has 3 heterocycles. The lowest BCUT2D eigenvalue weighted by molar-refractivity contribution is -0.122. The van der Waals surface area contributed by atoms with Crippen LogP contribution in [0.1, 0.15) is 23.0 Å². The number of pyridine rings is 1. The molecule has 0 radical (unpaired) electrons. The number of carbonyl (C=O) groups excluding carboxylic acids is 2. The van der Waals surface area contributed by atoms with Crippen LogP contribution in [-0.2, 0) is 17.4 Å². The van der Waals surface area contributed by atoms with Crippen molar-refractivity contribution in [3.05, 3.63) is 96.1 Å². The summed E-state index contributed by atoms with van der Waals surface area (Å²) in [6.45, 7) is 1.66. The Hall–Kier alpha value is -4.72. The van der Waals surface area contributed by atoms with Crippen LogP contribution < -0.4 is 15.0 Å². The Morgan fingerprint density at radius 2 is 1.76 bits per heavy atom. The molecule has 0 saturated carbocycles. The lowest BCUT2D eigenvalue weighted by Gasteiger charge is -2.26. The highest BCUT2D eigenvalue weighted by Gasteiger charge is 2.49. The third-order valence-electron chi connectivity index (χ3n) is 7.09. The van der Waals surface area contributed by atoms with Crippen LogP contribution in [-0.4, -0.2) is 28.5 Å². The average Bonchev–Trinajstić information content (AvgIpc) is 3.32. The SMILES string of the molecule is COc1ccc2c(c1)[C@](C)(NC(=O)c1cc3c4ccccc4n(C)c3cn1)C(=O)N2c1ccc(F)cc1. The summed E-state index contributed by atoms with van der Waals surface area (Å²) < 4.78 is 21.0. The number of anilines is 2. The fraction of sp³-hybridized carbons (Fsp3) is 0.138. The van der Waals surface area contributed by atoms with Gasteiger partial charge in [-0.25, -0.2) is 9.37 Å². The number of carbonyl (C=O) groups is 2. The molecule has 0 bridgehead atoms. The molecule has 1 aliphatic rings. The number of ether oxygens (including phenoxy) is 1. The zero-order valence-corrected chi connectivity index (χ0v) is 20.4. The molecule has 5 aromatic rings. The molecule has 1 N–H and O–H groups in total. The summed E-state index contributed by atoms with van der Waals surface area (Å²) in [7, 11) is 3.49. The molecular formula is C29H23FN4O3. The van der Waals surface area contributed by atoms with Gasteiger partial charge in [0.15, 0.2) is 0 Å². The smallest absolute Gasteiger partial charge is 0.271 e. The van der Waals surface area contributed by atoms with Crippen molar-refractivity contribution in [2.75, 3.05) is 12.0 Å². The summed E-state index contributed by atoms with van der Waals surface area (Å²) in [5.41, 5.74) is 2.36. The van der Waals surface area contributed by atoms with Gasteiger partial charge in [-0.2, -0.15) is 0 Å². The molecule has 37 heavy (non-hydrogen) atoms. The van der Waals surface area contributed by atoms with Crippen LogP contribution >= 0.6 is 0 Å². The molecule has 0 spiro atoms. The first-order chi connectivity index (χ1) is 17.8. The summed E-state index contributed by atoms with van der Waals surface area (Å²) in [5, 5.41) is 4.84. The lowest BCUT2D eigenvalue weighted by atomic mass is 9.93. The summed E-state index contributed by atoms with van der Waals surface area (Å²) in [5.74, 6) is -0.720. The maximum Gasteiger partial charge on any atom is 0.271 e. The average molecular weight is 495 g/mol. The number of amides is 2. The predicted octanol–water partition coefficient (Wildman–Crippen LogP) is 5.20. The van der Waals surface area contributed by atoms with Crippen LogP contribution in [0.15, 0.2) is 79.0 Å². The number of para-hydroxylation sites is 1. The van der Waals surface area contributed by atoms with Crippen LogP contribution in [0.5, 0.6) is 5.75 Å². The zero-order valence-electron chi connectivity index (χ0n) is 20.4. The summed E-state index contributed by atoms with van der Waals surface area (Å²) in [6, 6.07) is 20.6. The third kappa shape index (κ3) is 3.36. The molecule has 8 heteroatoms. The van der Waals surface area contributed by atoms with E-state index >= 15 is 0 Å². The van der Waals surface area contributed by atoms with E-state index in [0.717, 1.165) is 21.8 Å². The van der Waals surface area contributed by atoms with Crippen LogP contribution in [0.3, 0.4) is 0 Å². The minimum Gasteiger partial charge on any atom is -0.497 e. The highest BCUT2D eigenvalue weighted by atomic mass is 19.1. The van der Waals surface area contributed by atoms with E-state index in [1.165, 1.54) is 36.3 Å². The summed E-state index contributed by atoms with van der Waals surface area (Å²) in [6.07, 6.45) is 1.67. The monoisotopic (exact) mass is 494 g/mol. The predicted molar refractivity (Wildman–Crippen MR) is 140 cm³/mol. The Morgan fingerprint density at radius 1 is 1.00 bits per heavy atom. The van der Waals surface area contributed by atoms with E-state index in [-0.39, 0.29) is 11.6 Å². The molecule has 1 aliphatic heterocycles. The first kappa shape index (κ1) is 22.7. The second-order valence-electron chi connectivity index (χ2n) is 9.24. The summed E-state index contributed by atoms with van der Waals surface area (Å²) >= 11 is 0. The molecule has 184 valence electrons. The first-order valence-corrected chi connectivity index (χ1v) is 11.8. The standard InChI is InChI=1S/C29H23FN4O3/c1-29(32-27(35)23-15-21-20-6-4-5-7-24(20)33(2)26(21)16-31-23)22-14-19(37-3)12-13-25(22)34(28(29)36)18-10-8-17(30)9-11-18/h4-16H,1-3H3,(H,32,35)/t29-/m0/s1. The number of aromatic nitrogens is 2. The number of benzene rings is 3. The Morgan fingerprint density at radius 3 is 2.51 bits per heavy atom. The number of halogens is 1. The second kappa shape index (κ2) is 8.16. The Labute approximate surface area is 212 Å². The zero-order chi connectivity index (χ0) is 25.9. The van der Waals surface area contributed by atoms with Crippen molar-refractivity contribution in [1.29, 1.82) is 0 Å². The molecule has 0 saturated heterocycles. The van der Waals surface area contributed by atoms with Gasteiger partial charge in [0.2, 0.25) is 0 Å². The molecule has 0 fully saturated rings. The van der Waals surface area contributed by atoms with E-state index in [1.54, 1.807) is 37.4 Å². The number of nitrogens with zero attached hydrogens (tertiary/aromatic N) is 3. The number of hydrogen-bond donors (Lipinski definition) is 1. The maximum atomic E-state index is 13.9. The van der Waals surface area contributed by atoms with Gasteiger partial charge < -0.3 is 14.6 Å². The van der Waals surface area contributed by atoms with Crippen molar-refractivity contribution in [2.24, 2.45) is 7.05 Å². The lowest BCUT2D eigenvalue weighted by Crippen LogP contribution is -2.50. The van der Waals surface area contributed by atoms with Crippen LogP contribution in [0.2, 0.25) is 0 Å². The van der Waals surface area contributed by atoms with Gasteiger partial charge in [-0.05, 0) is 61.5 Å². The third-order valence-corrected chi connectivity index (χ3v) is 7.09. The van der Waals surface area contributed by atoms with Crippen molar-refractivity contribution in [1.82, 2.24) is 14.9 Å². The van der Waals surface area contributed by atoms with Crippen molar-refractivity contribution >= 4 is 45.0 Å². The molecule has 6 rings (SSSR count). The van der Waals surface area contributed by atoms with Gasteiger partial charge >= 0.3 is 0 Å². The molecule has 3 aromatic carbocycles. The fourth-order valence-electron chi connectivity index (χ4n) is 5.12. The van der Waals surface area contributed by atoms with Gasteiger partial charge in [-0.15, -0.1) is 0 Å². The van der Waals surface area contributed by atoms with E-state index in [9.17, 15) is 14.0 Å². The van der Waals surface area contributed by atoms with E-state index < -0.39 is 17.3 Å². The highest BCUT2D eigenvalue weighted by Crippen LogP contribution is 2.45. The number of fused-ring (bicyclic) bond motifs is 4. The van der Waals surface area contributed by atoms with E-state index in [1.807, 2.05) is 35.9 Å². The van der Waals surface area contributed by atoms with Crippen molar-refractivity contribution < 1.29 is 18.7 Å². The van der Waals surface area contributed by atoms with Gasteiger partial charge in [0.25, 0.3) is 11.8 Å². The Bertz CT molecular complexity index is 1730. The maximum absolute atomic E-state index is 13.9. The molecule has 2 amide bonds. The van der Waals surface area contributed by atoms with Crippen molar-refractivity contribution in [3.8, 4) is 5.75 Å². The van der Waals surface area contributed by atoms with Gasteiger partial charge in [0.1, 0.15) is 22.8 Å². The highest BCUT2D eigenvalue weighted by molar-refractivity contribution is 6.15. The number of aryl methyl sites for hydroxylation is 1. The molecular weight excluding hydrogens is 471 g/mol. The molecule has 0 unspecified atom stereocenters. The molecule has 7 nitrogen and oxygen atoms in total. The number of methoxy groups -OCH3 is 1. The van der Waals surface area contributed by atoms with E-state index in [0.29, 0.717) is 22.7 Å². The van der Waals surface area contributed by atoms with E-state index in [2.05, 4.69) is 10.3 Å². The van der Waals surface area contributed by atoms with Gasteiger partial charge in [0.05, 0.1) is 24.5 Å². The number of rotatable bonds is 4. The minimum absolute atomic E-state index is 0.197. The van der Waals surface area contributed by atoms with Crippen LogP contribution in [0.4, 0.5) is 15.8 Å². The minimum atomic E-state index is -1.41. The Balaban J connectivity index is 1.43. The number of hydrogen-bond acceptors (Lipinski definition) is 4. The van der Waals surface area contributed by atoms with Crippen molar-refractivity contribution in [2.45, 2.75) is 12.5 Å². The molecule has 1 atom stereocenters. The number of nitrogens with one attached hydrogen (secondary N) is 1. The van der Waals surface area contributed by atoms with E-state index in [4.69, 9.17) is 4.74 Å². The summed E-state index contributed by atoms with van der Waals surface area (Å²) in [4.78, 5) is 33.3. The first-order valence-electron chi connectivity index (χ1n) is 11.8. The van der Waals surface area contributed by atoms with Crippen LogP contribution in [0, 0.1) is 5.82 Å². The van der Waals surface area contributed by atoms with Crippen molar-refractivity contribution in [3.63, 3.8) is 0 Å². The largest absolute Gasteiger partial charge is 0.497 e. The van der Waals surface area contributed by atoms with Gasteiger partial charge in [0, 0.05) is 34.6 Å². The van der Waals surface area contributed by atoms with Gasteiger partial charge in [-0.3, -0.25) is 14.5 Å². The normalized spacial score (nSPS) is 16.9. The topological polar surface area (TPSA) is 76.5 Å². The molecule has 2 aromatic heterocycles. The van der Waals surface area contributed by atoms with Crippen LogP contribution in [0.25, 0.3) is 21.8 Å². The quantitative estimate of drug-likeness (QED) is 0.373. The molecule has 0 aliphatic carbocycles. The second-order valence-corrected chi connectivity index (χ2v) is 9.24. The van der Waals surface area contributed by atoms with Gasteiger partial charge in [-0.1, -0.05) is 18.2 Å². The Kier molecular flexibility index (Phi) is 5.01.